The number of nitrogens with zero attached hydrogens (tertiary/aromatic N) is 2. The Hall–Kier alpha value is -1.79. The molecule has 26 heavy (non-hydrogen) atoms. The summed E-state index contributed by atoms with van der Waals surface area (Å²) in [6.45, 7) is 5.56. The predicted molar refractivity (Wildman–Crippen MR) is 91.7 cm³/mol. The van der Waals surface area contributed by atoms with Gasteiger partial charge in [-0.15, -0.1) is 0 Å². The van der Waals surface area contributed by atoms with Gasteiger partial charge in [-0.1, -0.05) is 0 Å². The first kappa shape index (κ1) is 19.0. The number of halogens is 3. The SMILES string of the molecule is CC(C)(C)OC(=O)CC1C[C@H]2CC[C@@H](C1)N2c1ccc(C(F)(F)F)cn1. The van der Waals surface area contributed by atoms with Crippen molar-refractivity contribution in [3.05, 3.63) is 23.9 Å². The monoisotopic (exact) mass is 370 g/mol. The number of esters is 1. The van der Waals surface area contributed by atoms with Crippen molar-refractivity contribution in [3.8, 4) is 0 Å². The highest BCUT2D eigenvalue weighted by Gasteiger charge is 2.42. The first-order chi connectivity index (χ1) is 12.0. The zero-order chi connectivity index (χ0) is 19.1. The van der Waals surface area contributed by atoms with Gasteiger partial charge in [0.15, 0.2) is 0 Å². The summed E-state index contributed by atoms with van der Waals surface area (Å²) in [6, 6.07) is 3.01. The fraction of sp³-hybridized carbons (Fsp3) is 0.684. The first-order valence-corrected chi connectivity index (χ1v) is 9.06. The van der Waals surface area contributed by atoms with Gasteiger partial charge in [0.05, 0.1) is 5.56 Å². The van der Waals surface area contributed by atoms with E-state index in [4.69, 9.17) is 4.74 Å². The number of hydrogen-bond acceptors (Lipinski definition) is 4. The molecule has 1 aromatic heterocycles. The maximum atomic E-state index is 12.7. The lowest BCUT2D eigenvalue weighted by atomic mass is 9.88. The van der Waals surface area contributed by atoms with E-state index in [1.807, 2.05) is 20.8 Å². The Bertz CT molecular complexity index is 638. The molecule has 0 spiro atoms. The molecule has 7 heteroatoms. The van der Waals surface area contributed by atoms with Crippen LogP contribution in [0.2, 0.25) is 0 Å². The number of piperidine rings is 1. The largest absolute Gasteiger partial charge is 0.460 e. The van der Waals surface area contributed by atoms with Gasteiger partial charge in [-0.2, -0.15) is 13.2 Å². The molecule has 2 bridgehead atoms. The summed E-state index contributed by atoms with van der Waals surface area (Å²) in [5, 5.41) is 0. The van der Waals surface area contributed by atoms with Gasteiger partial charge in [0.1, 0.15) is 11.4 Å². The molecule has 0 aliphatic carbocycles. The van der Waals surface area contributed by atoms with Crippen LogP contribution in [0.3, 0.4) is 0 Å². The minimum absolute atomic E-state index is 0.178. The Balaban J connectivity index is 1.65. The molecule has 2 aliphatic heterocycles. The molecular weight excluding hydrogens is 345 g/mol. The number of fused-ring (bicyclic) bond motifs is 2. The molecule has 1 aromatic rings. The maximum Gasteiger partial charge on any atom is 0.417 e. The molecule has 2 aliphatic rings. The zero-order valence-electron chi connectivity index (χ0n) is 15.3. The molecule has 0 aromatic carbocycles. The van der Waals surface area contributed by atoms with Crippen LogP contribution in [0.4, 0.5) is 19.0 Å². The van der Waals surface area contributed by atoms with E-state index >= 15 is 0 Å². The van der Waals surface area contributed by atoms with Crippen LogP contribution >= 0.6 is 0 Å². The third kappa shape index (κ3) is 4.30. The number of carbonyl (C=O) groups excluding carboxylic acids is 1. The molecule has 3 heterocycles. The first-order valence-electron chi connectivity index (χ1n) is 9.06. The molecule has 0 radical (unpaired) electrons. The lowest BCUT2D eigenvalue weighted by Gasteiger charge is -2.39. The van der Waals surface area contributed by atoms with E-state index in [0.29, 0.717) is 12.2 Å². The second kappa shape index (κ2) is 6.74. The average Bonchev–Trinajstić information content (AvgIpc) is 2.76. The van der Waals surface area contributed by atoms with Crippen LogP contribution in [-0.2, 0) is 15.7 Å². The van der Waals surface area contributed by atoms with E-state index in [1.165, 1.54) is 6.07 Å². The molecule has 3 atom stereocenters. The molecule has 144 valence electrons. The van der Waals surface area contributed by atoms with Crippen molar-refractivity contribution in [2.24, 2.45) is 5.92 Å². The maximum absolute atomic E-state index is 12.7. The van der Waals surface area contributed by atoms with Crippen molar-refractivity contribution in [1.82, 2.24) is 4.98 Å². The zero-order valence-corrected chi connectivity index (χ0v) is 15.3. The van der Waals surface area contributed by atoms with Crippen LogP contribution in [0.25, 0.3) is 0 Å². The number of aromatic nitrogens is 1. The standard InChI is InChI=1S/C19H25F3N2O2/c1-18(2,3)26-17(25)10-12-8-14-5-6-15(9-12)24(14)16-7-4-13(11-23-16)19(20,21)22/h4,7,11-12,14-15H,5-6,8-10H2,1-3H3/t12?,14-,15+. The minimum Gasteiger partial charge on any atom is -0.460 e. The molecule has 0 amide bonds. The summed E-state index contributed by atoms with van der Waals surface area (Å²) in [6.07, 6.45) is 0.596. The van der Waals surface area contributed by atoms with E-state index in [9.17, 15) is 18.0 Å². The summed E-state index contributed by atoms with van der Waals surface area (Å²) in [5.74, 6) is 0.678. The number of hydrogen-bond donors (Lipinski definition) is 0. The average molecular weight is 370 g/mol. The summed E-state index contributed by atoms with van der Waals surface area (Å²) in [5.41, 5.74) is -1.21. The summed E-state index contributed by atoms with van der Waals surface area (Å²) >= 11 is 0. The van der Waals surface area contributed by atoms with Crippen molar-refractivity contribution >= 4 is 11.8 Å². The normalized spacial score (nSPS) is 26.1. The Morgan fingerprint density at radius 3 is 2.27 bits per heavy atom. The van der Waals surface area contributed by atoms with Gasteiger partial charge < -0.3 is 9.64 Å². The predicted octanol–water partition coefficient (Wildman–Crippen LogP) is 4.58. The number of ether oxygens (including phenoxy) is 1. The number of anilines is 1. The molecule has 4 nitrogen and oxygen atoms in total. The molecule has 2 saturated heterocycles. The summed E-state index contributed by atoms with van der Waals surface area (Å²) in [7, 11) is 0. The highest BCUT2D eigenvalue weighted by Crippen LogP contribution is 2.42. The van der Waals surface area contributed by atoms with Crippen LogP contribution in [-0.4, -0.2) is 28.6 Å². The van der Waals surface area contributed by atoms with Crippen LogP contribution in [0.5, 0.6) is 0 Å². The van der Waals surface area contributed by atoms with Crippen molar-refractivity contribution in [3.63, 3.8) is 0 Å². The van der Waals surface area contributed by atoms with Gasteiger partial charge in [-0.3, -0.25) is 4.79 Å². The van der Waals surface area contributed by atoms with Gasteiger partial charge in [-0.25, -0.2) is 4.98 Å². The second-order valence-corrected chi connectivity index (χ2v) is 8.32. The van der Waals surface area contributed by atoms with Crippen LogP contribution in [0.1, 0.15) is 58.4 Å². The Morgan fingerprint density at radius 2 is 1.81 bits per heavy atom. The van der Waals surface area contributed by atoms with Crippen molar-refractivity contribution in [1.29, 1.82) is 0 Å². The minimum atomic E-state index is -4.37. The molecule has 1 unspecified atom stereocenters. The van der Waals surface area contributed by atoms with Crippen molar-refractivity contribution in [2.75, 3.05) is 4.90 Å². The van der Waals surface area contributed by atoms with E-state index < -0.39 is 17.3 Å². The molecular formula is C19H25F3N2O2. The van der Waals surface area contributed by atoms with Gasteiger partial charge in [0.2, 0.25) is 0 Å². The third-order valence-electron chi connectivity index (χ3n) is 5.05. The number of carbonyl (C=O) groups is 1. The van der Waals surface area contributed by atoms with E-state index in [-0.39, 0.29) is 24.0 Å². The topological polar surface area (TPSA) is 42.4 Å². The number of alkyl halides is 3. The van der Waals surface area contributed by atoms with Gasteiger partial charge in [0, 0.05) is 24.7 Å². The second-order valence-electron chi connectivity index (χ2n) is 8.32. The van der Waals surface area contributed by atoms with Gasteiger partial charge in [-0.05, 0) is 64.5 Å². The Labute approximate surface area is 151 Å². The van der Waals surface area contributed by atoms with Crippen molar-refractivity contribution in [2.45, 2.75) is 76.7 Å². The van der Waals surface area contributed by atoms with E-state index in [2.05, 4.69) is 9.88 Å². The van der Waals surface area contributed by atoms with Gasteiger partial charge >= 0.3 is 12.1 Å². The fourth-order valence-corrected chi connectivity index (χ4v) is 4.16. The van der Waals surface area contributed by atoms with Crippen LogP contribution in [0.15, 0.2) is 18.3 Å². The molecule has 0 N–H and O–H groups in total. The van der Waals surface area contributed by atoms with Gasteiger partial charge in [0.25, 0.3) is 0 Å². The lowest BCUT2D eigenvalue weighted by molar-refractivity contribution is -0.156. The highest BCUT2D eigenvalue weighted by molar-refractivity contribution is 5.70. The Morgan fingerprint density at radius 1 is 1.19 bits per heavy atom. The Kier molecular flexibility index (Phi) is 4.92. The quantitative estimate of drug-likeness (QED) is 0.731. The lowest BCUT2D eigenvalue weighted by Crippen LogP contribution is -2.44. The number of pyridine rings is 1. The molecule has 0 saturated carbocycles. The van der Waals surface area contributed by atoms with Crippen LogP contribution < -0.4 is 4.90 Å². The molecule has 2 fully saturated rings. The summed E-state index contributed by atoms with van der Waals surface area (Å²) < 4.78 is 43.6. The fourth-order valence-electron chi connectivity index (χ4n) is 4.16. The number of rotatable bonds is 3. The van der Waals surface area contributed by atoms with Crippen LogP contribution in [0, 0.1) is 5.92 Å². The highest BCUT2D eigenvalue weighted by atomic mass is 19.4. The molecule has 3 rings (SSSR count). The van der Waals surface area contributed by atoms with Crippen molar-refractivity contribution < 1.29 is 22.7 Å². The van der Waals surface area contributed by atoms with E-state index in [0.717, 1.165) is 37.9 Å². The van der Waals surface area contributed by atoms with E-state index in [1.54, 1.807) is 0 Å². The smallest absolute Gasteiger partial charge is 0.417 e. The third-order valence-corrected chi connectivity index (χ3v) is 5.05. The summed E-state index contributed by atoms with van der Waals surface area (Å²) in [4.78, 5) is 18.3.